The molecule has 26 heavy (non-hydrogen) atoms. The average molecular weight is 372 g/mol. The van der Waals surface area contributed by atoms with Gasteiger partial charge in [-0.3, -0.25) is 4.79 Å². The number of nitrogens with one attached hydrogen (secondary N) is 2. The summed E-state index contributed by atoms with van der Waals surface area (Å²) in [4.78, 5) is 20.7. The molecular weight excluding hydrogens is 355 g/mol. The Hall–Kier alpha value is -3.00. The second-order valence-electron chi connectivity index (χ2n) is 5.39. The first-order chi connectivity index (χ1) is 12.6. The van der Waals surface area contributed by atoms with Gasteiger partial charge >= 0.3 is 0 Å². The maximum absolute atomic E-state index is 12.8. The van der Waals surface area contributed by atoms with Crippen LogP contribution >= 0.6 is 11.3 Å². The van der Waals surface area contributed by atoms with Crippen molar-refractivity contribution in [2.75, 3.05) is 18.5 Å². The summed E-state index contributed by atoms with van der Waals surface area (Å²) in [6, 6.07) is 11.3. The highest BCUT2D eigenvalue weighted by Crippen LogP contribution is 2.19. The van der Waals surface area contributed by atoms with Gasteiger partial charge in [-0.2, -0.15) is 0 Å². The van der Waals surface area contributed by atoms with Gasteiger partial charge in [-0.05, 0) is 43.3 Å². The molecular formula is C18H17FN4O2S. The van der Waals surface area contributed by atoms with Gasteiger partial charge in [0.2, 0.25) is 0 Å². The number of rotatable bonds is 7. The maximum Gasteiger partial charge on any atom is 0.270 e. The third kappa shape index (κ3) is 5.00. The molecule has 0 radical (unpaired) electrons. The van der Waals surface area contributed by atoms with Crippen LogP contribution in [0.1, 0.15) is 16.2 Å². The van der Waals surface area contributed by atoms with Crippen molar-refractivity contribution in [3.8, 4) is 5.75 Å². The molecule has 0 saturated heterocycles. The van der Waals surface area contributed by atoms with Gasteiger partial charge < -0.3 is 15.4 Å². The van der Waals surface area contributed by atoms with Crippen molar-refractivity contribution in [2.45, 2.75) is 6.92 Å². The summed E-state index contributed by atoms with van der Waals surface area (Å²) in [5.41, 5.74) is 1.22. The summed E-state index contributed by atoms with van der Waals surface area (Å²) in [5, 5.41) is 8.07. The van der Waals surface area contributed by atoms with Gasteiger partial charge in [-0.25, -0.2) is 14.4 Å². The first-order valence-electron chi connectivity index (χ1n) is 7.93. The van der Waals surface area contributed by atoms with Crippen molar-refractivity contribution >= 4 is 28.2 Å². The van der Waals surface area contributed by atoms with Crippen LogP contribution < -0.4 is 15.4 Å². The van der Waals surface area contributed by atoms with Crippen LogP contribution in [0.5, 0.6) is 5.75 Å². The van der Waals surface area contributed by atoms with E-state index in [1.165, 1.54) is 35.6 Å². The molecule has 0 aliphatic carbocycles. The average Bonchev–Trinajstić information content (AvgIpc) is 3.09. The summed E-state index contributed by atoms with van der Waals surface area (Å²) < 4.78 is 18.2. The molecule has 1 aromatic carbocycles. The molecule has 0 saturated carbocycles. The van der Waals surface area contributed by atoms with Gasteiger partial charge in [0.05, 0.1) is 6.54 Å². The van der Waals surface area contributed by atoms with Gasteiger partial charge in [0.15, 0.2) is 5.13 Å². The summed E-state index contributed by atoms with van der Waals surface area (Å²) >= 11 is 1.33. The number of hydrogen-bond acceptors (Lipinski definition) is 6. The van der Waals surface area contributed by atoms with Crippen LogP contribution in [-0.2, 0) is 0 Å². The number of benzene rings is 1. The van der Waals surface area contributed by atoms with Crippen LogP contribution in [-0.4, -0.2) is 29.0 Å². The van der Waals surface area contributed by atoms with E-state index in [4.69, 9.17) is 4.74 Å². The lowest BCUT2D eigenvalue weighted by atomic mass is 10.3. The third-order valence-corrected chi connectivity index (χ3v) is 4.09. The fourth-order valence-electron chi connectivity index (χ4n) is 2.11. The highest BCUT2D eigenvalue weighted by atomic mass is 32.1. The van der Waals surface area contributed by atoms with Crippen LogP contribution in [0.2, 0.25) is 0 Å². The molecule has 2 N–H and O–H groups in total. The normalized spacial score (nSPS) is 10.4. The topological polar surface area (TPSA) is 76.1 Å². The molecule has 2 aromatic heterocycles. The molecule has 0 aliphatic rings. The Bertz CT molecular complexity index is 883. The lowest BCUT2D eigenvalue weighted by Crippen LogP contribution is -2.28. The van der Waals surface area contributed by atoms with E-state index < -0.39 is 0 Å². The number of aryl methyl sites for hydroxylation is 1. The van der Waals surface area contributed by atoms with Gasteiger partial charge in [0.1, 0.15) is 29.7 Å². The van der Waals surface area contributed by atoms with Crippen molar-refractivity contribution < 1.29 is 13.9 Å². The summed E-state index contributed by atoms with van der Waals surface area (Å²) in [6.45, 7) is 2.50. The molecule has 2 heterocycles. The lowest BCUT2D eigenvalue weighted by molar-refractivity contribution is 0.0943. The number of hydrogen-bond donors (Lipinski definition) is 2. The molecule has 3 aromatic rings. The Kier molecular flexibility index (Phi) is 5.75. The molecule has 0 unspecified atom stereocenters. The Labute approximate surface area is 154 Å². The van der Waals surface area contributed by atoms with Crippen molar-refractivity contribution in [3.63, 3.8) is 0 Å². The van der Waals surface area contributed by atoms with Gasteiger partial charge in [0, 0.05) is 11.1 Å². The number of anilines is 2. The van der Waals surface area contributed by atoms with Crippen molar-refractivity contribution in [1.29, 1.82) is 0 Å². The number of carbonyl (C=O) groups is 1. The quantitative estimate of drug-likeness (QED) is 0.621. The number of aromatic nitrogens is 2. The zero-order valence-corrected chi connectivity index (χ0v) is 14.8. The zero-order valence-electron chi connectivity index (χ0n) is 14.0. The smallest absolute Gasteiger partial charge is 0.270 e. The van der Waals surface area contributed by atoms with Crippen molar-refractivity contribution in [1.82, 2.24) is 15.3 Å². The van der Waals surface area contributed by atoms with E-state index in [1.807, 2.05) is 25.1 Å². The van der Waals surface area contributed by atoms with Crippen LogP contribution in [0.25, 0.3) is 0 Å². The largest absolute Gasteiger partial charge is 0.492 e. The second-order valence-corrected chi connectivity index (χ2v) is 6.24. The molecule has 0 fully saturated rings. The Morgan fingerprint density at radius 3 is 2.77 bits per heavy atom. The zero-order chi connectivity index (χ0) is 18.4. The van der Waals surface area contributed by atoms with Gasteiger partial charge in [-0.15, -0.1) is 11.3 Å². The lowest BCUT2D eigenvalue weighted by Gasteiger charge is -2.06. The molecule has 134 valence electrons. The van der Waals surface area contributed by atoms with Crippen LogP contribution in [0.15, 0.2) is 47.8 Å². The predicted octanol–water partition coefficient (Wildman–Crippen LogP) is 3.54. The molecule has 0 aliphatic heterocycles. The van der Waals surface area contributed by atoms with E-state index in [-0.39, 0.29) is 18.3 Å². The summed E-state index contributed by atoms with van der Waals surface area (Å²) in [6.07, 6.45) is 0. The monoisotopic (exact) mass is 372 g/mol. The molecule has 0 atom stereocenters. The second kappa shape index (κ2) is 8.39. The minimum absolute atomic E-state index is 0.278. The molecule has 3 rings (SSSR count). The highest BCUT2D eigenvalue weighted by Gasteiger charge is 2.10. The molecule has 6 nitrogen and oxygen atoms in total. The van der Waals surface area contributed by atoms with E-state index in [1.54, 1.807) is 5.38 Å². The molecule has 0 bridgehead atoms. The van der Waals surface area contributed by atoms with E-state index in [0.717, 1.165) is 5.69 Å². The Morgan fingerprint density at radius 1 is 1.19 bits per heavy atom. The van der Waals surface area contributed by atoms with E-state index >= 15 is 0 Å². The minimum Gasteiger partial charge on any atom is -0.492 e. The van der Waals surface area contributed by atoms with Crippen LogP contribution in [0.4, 0.5) is 15.3 Å². The number of pyridine rings is 1. The number of carbonyl (C=O) groups excluding carboxylic acids is 1. The molecule has 1 amide bonds. The van der Waals surface area contributed by atoms with Gasteiger partial charge in [-0.1, -0.05) is 6.07 Å². The van der Waals surface area contributed by atoms with Crippen molar-refractivity contribution in [3.05, 3.63) is 65.0 Å². The fourth-order valence-corrected chi connectivity index (χ4v) is 2.81. The maximum atomic E-state index is 12.8. The number of amides is 1. The number of thiazole rings is 1. The molecule has 0 spiro atoms. The number of halogens is 1. The third-order valence-electron chi connectivity index (χ3n) is 3.33. The standard InChI is InChI=1S/C18H17FN4O2S/c1-12-3-2-4-16(21-12)23-18-22-15(11-26-18)17(24)20-9-10-25-14-7-5-13(19)6-8-14/h2-8,11H,9-10H2,1H3,(H,20,24)(H,21,22,23). The first kappa shape index (κ1) is 17.8. The molecule has 8 heteroatoms. The van der Waals surface area contributed by atoms with E-state index in [2.05, 4.69) is 20.6 Å². The summed E-state index contributed by atoms with van der Waals surface area (Å²) in [5.74, 6) is 0.624. The van der Waals surface area contributed by atoms with Gasteiger partial charge in [0.25, 0.3) is 5.91 Å². The van der Waals surface area contributed by atoms with Crippen LogP contribution in [0.3, 0.4) is 0 Å². The fraction of sp³-hybridized carbons (Fsp3) is 0.167. The Morgan fingerprint density at radius 2 is 2.00 bits per heavy atom. The van der Waals surface area contributed by atoms with E-state index in [0.29, 0.717) is 28.9 Å². The Balaban J connectivity index is 1.46. The number of nitrogens with zero attached hydrogens (tertiary/aromatic N) is 2. The summed E-state index contributed by atoms with van der Waals surface area (Å²) in [7, 11) is 0. The first-order valence-corrected chi connectivity index (χ1v) is 8.81. The number of ether oxygens (including phenoxy) is 1. The van der Waals surface area contributed by atoms with Crippen LogP contribution in [0, 0.1) is 12.7 Å². The van der Waals surface area contributed by atoms with Crippen molar-refractivity contribution in [2.24, 2.45) is 0 Å². The predicted molar refractivity (Wildman–Crippen MR) is 98.6 cm³/mol. The minimum atomic E-state index is -0.320. The highest BCUT2D eigenvalue weighted by molar-refractivity contribution is 7.14. The SMILES string of the molecule is Cc1cccc(Nc2nc(C(=O)NCCOc3ccc(F)cc3)cs2)n1. The van der Waals surface area contributed by atoms with E-state index in [9.17, 15) is 9.18 Å².